The molecule has 0 atom stereocenters. The van der Waals surface area contributed by atoms with Gasteiger partial charge in [0.15, 0.2) is 11.5 Å². The van der Waals surface area contributed by atoms with Crippen LogP contribution in [0.1, 0.15) is 71.6 Å². The lowest BCUT2D eigenvalue weighted by molar-refractivity contribution is 0.0590. The average molecular weight is 381 g/mol. The molecular formula is C22H27N3O3. The number of hydrogen-bond acceptors (Lipinski definition) is 4. The Kier molecular flexibility index (Phi) is 5.74. The minimum absolute atomic E-state index is 0.00337. The number of aromatic nitrogens is 1. The minimum atomic E-state index is -0.208. The summed E-state index contributed by atoms with van der Waals surface area (Å²) in [6.45, 7) is 1.03. The van der Waals surface area contributed by atoms with Gasteiger partial charge in [-0.15, -0.1) is 0 Å². The van der Waals surface area contributed by atoms with Gasteiger partial charge < -0.3 is 14.7 Å². The highest BCUT2D eigenvalue weighted by Gasteiger charge is 2.28. The molecule has 2 aliphatic rings. The molecule has 1 aromatic carbocycles. The smallest absolute Gasteiger partial charge is 0.273 e. The number of hydrogen-bond donors (Lipinski definition) is 1. The van der Waals surface area contributed by atoms with E-state index in [1.54, 1.807) is 6.07 Å². The minimum Gasteiger partial charge on any atom is -0.359 e. The van der Waals surface area contributed by atoms with Gasteiger partial charge in [-0.2, -0.15) is 0 Å². The Morgan fingerprint density at radius 3 is 2.54 bits per heavy atom. The molecule has 6 nitrogen and oxygen atoms in total. The second-order valence-electron chi connectivity index (χ2n) is 7.92. The summed E-state index contributed by atoms with van der Waals surface area (Å²) < 4.78 is 5.41. The van der Waals surface area contributed by atoms with Gasteiger partial charge >= 0.3 is 0 Å². The highest BCUT2D eigenvalue weighted by Crippen LogP contribution is 2.28. The van der Waals surface area contributed by atoms with E-state index in [0.29, 0.717) is 30.3 Å². The van der Waals surface area contributed by atoms with Crippen LogP contribution in [0.25, 0.3) is 0 Å². The first kappa shape index (κ1) is 18.7. The molecule has 6 heteroatoms. The Bertz CT molecular complexity index is 807. The standard InChI is InChI=1S/C22H27N3O3/c26-21(23-14-16-11-12-16)20-13-19(28-24-20)15-25(18-9-5-2-6-10-18)22(27)17-7-3-1-4-8-17/h1,3-4,7-8,13,16,18H,2,5-6,9-12,14-15H2,(H,23,26). The van der Waals surface area contributed by atoms with Crippen molar-refractivity contribution in [2.75, 3.05) is 6.54 Å². The molecule has 148 valence electrons. The molecule has 2 fully saturated rings. The molecule has 0 unspecified atom stereocenters. The number of nitrogens with zero attached hydrogens (tertiary/aromatic N) is 2. The van der Waals surface area contributed by atoms with Crippen molar-refractivity contribution in [3.63, 3.8) is 0 Å². The van der Waals surface area contributed by atoms with Gasteiger partial charge in [0.05, 0.1) is 6.54 Å². The average Bonchev–Trinajstić information content (AvgIpc) is 3.46. The summed E-state index contributed by atoms with van der Waals surface area (Å²) in [7, 11) is 0. The first-order chi connectivity index (χ1) is 13.7. The molecule has 2 aromatic rings. The lowest BCUT2D eigenvalue weighted by atomic mass is 9.93. The van der Waals surface area contributed by atoms with E-state index < -0.39 is 0 Å². The molecule has 0 spiro atoms. The van der Waals surface area contributed by atoms with Gasteiger partial charge in [0.25, 0.3) is 11.8 Å². The molecule has 4 rings (SSSR count). The molecule has 28 heavy (non-hydrogen) atoms. The third kappa shape index (κ3) is 4.61. The fourth-order valence-corrected chi connectivity index (χ4v) is 3.82. The number of benzene rings is 1. The second kappa shape index (κ2) is 8.59. The van der Waals surface area contributed by atoms with E-state index in [9.17, 15) is 9.59 Å². The van der Waals surface area contributed by atoms with Gasteiger partial charge in [-0.25, -0.2) is 0 Å². The van der Waals surface area contributed by atoms with Crippen molar-refractivity contribution in [1.29, 1.82) is 0 Å². The van der Waals surface area contributed by atoms with E-state index in [-0.39, 0.29) is 23.6 Å². The Labute approximate surface area is 165 Å². The second-order valence-corrected chi connectivity index (χ2v) is 7.92. The fourth-order valence-electron chi connectivity index (χ4n) is 3.82. The maximum absolute atomic E-state index is 13.2. The van der Waals surface area contributed by atoms with Crippen molar-refractivity contribution < 1.29 is 14.1 Å². The van der Waals surface area contributed by atoms with Crippen molar-refractivity contribution in [3.05, 3.63) is 53.4 Å². The third-order valence-corrected chi connectivity index (χ3v) is 5.66. The van der Waals surface area contributed by atoms with Gasteiger partial charge in [0.2, 0.25) is 0 Å². The van der Waals surface area contributed by atoms with Crippen molar-refractivity contribution in [2.45, 2.75) is 57.5 Å². The number of amides is 2. The molecule has 2 aliphatic carbocycles. The van der Waals surface area contributed by atoms with E-state index in [1.807, 2.05) is 35.2 Å². The van der Waals surface area contributed by atoms with Crippen LogP contribution in [0.4, 0.5) is 0 Å². The topological polar surface area (TPSA) is 75.4 Å². The van der Waals surface area contributed by atoms with Crippen molar-refractivity contribution >= 4 is 11.8 Å². The van der Waals surface area contributed by atoms with E-state index >= 15 is 0 Å². The van der Waals surface area contributed by atoms with Crippen LogP contribution in [-0.4, -0.2) is 34.5 Å². The molecule has 0 bridgehead atoms. The van der Waals surface area contributed by atoms with Crippen molar-refractivity contribution in [2.24, 2.45) is 5.92 Å². The Balaban J connectivity index is 1.47. The predicted octanol–water partition coefficient (Wildman–Crippen LogP) is 3.79. The first-order valence-corrected chi connectivity index (χ1v) is 10.3. The van der Waals surface area contributed by atoms with Gasteiger partial charge in [-0.05, 0) is 43.7 Å². The summed E-state index contributed by atoms with van der Waals surface area (Å²) in [5.41, 5.74) is 0.960. The fraction of sp³-hybridized carbons (Fsp3) is 0.500. The van der Waals surface area contributed by atoms with E-state index in [2.05, 4.69) is 10.5 Å². The number of nitrogens with one attached hydrogen (secondary N) is 1. The number of carbonyl (C=O) groups excluding carboxylic acids is 2. The highest BCUT2D eigenvalue weighted by atomic mass is 16.5. The highest BCUT2D eigenvalue weighted by molar-refractivity contribution is 5.94. The summed E-state index contributed by atoms with van der Waals surface area (Å²) in [4.78, 5) is 27.3. The molecule has 1 heterocycles. The van der Waals surface area contributed by atoms with Crippen LogP contribution < -0.4 is 5.32 Å². The first-order valence-electron chi connectivity index (χ1n) is 10.3. The number of carbonyl (C=O) groups is 2. The van der Waals surface area contributed by atoms with Crippen LogP contribution in [0.2, 0.25) is 0 Å². The third-order valence-electron chi connectivity index (χ3n) is 5.66. The van der Waals surface area contributed by atoms with Crippen LogP contribution in [0.15, 0.2) is 40.9 Å². The summed E-state index contributed by atoms with van der Waals surface area (Å²) in [6.07, 6.45) is 7.86. The molecule has 2 amide bonds. The van der Waals surface area contributed by atoms with E-state index in [1.165, 1.54) is 19.3 Å². The zero-order valence-corrected chi connectivity index (χ0v) is 16.1. The Morgan fingerprint density at radius 2 is 1.82 bits per heavy atom. The molecule has 1 aromatic heterocycles. The lowest BCUT2D eigenvalue weighted by Crippen LogP contribution is -2.40. The van der Waals surface area contributed by atoms with Gasteiger partial charge in [-0.1, -0.05) is 42.6 Å². The molecule has 1 N–H and O–H groups in total. The molecule has 2 saturated carbocycles. The van der Waals surface area contributed by atoms with Crippen LogP contribution in [0.3, 0.4) is 0 Å². The van der Waals surface area contributed by atoms with Crippen molar-refractivity contribution in [3.8, 4) is 0 Å². The van der Waals surface area contributed by atoms with Crippen LogP contribution >= 0.6 is 0 Å². The summed E-state index contributed by atoms with van der Waals surface area (Å²) in [5, 5.41) is 6.82. The van der Waals surface area contributed by atoms with E-state index in [4.69, 9.17) is 4.52 Å². The number of rotatable bonds is 7. The maximum atomic E-state index is 13.2. The SMILES string of the molecule is O=C(NCC1CC1)c1cc(CN(C(=O)c2ccccc2)C2CCCCC2)on1. The maximum Gasteiger partial charge on any atom is 0.273 e. The zero-order chi connectivity index (χ0) is 19.3. The van der Waals surface area contributed by atoms with Crippen LogP contribution in [0, 0.1) is 5.92 Å². The monoisotopic (exact) mass is 381 g/mol. The quantitative estimate of drug-likeness (QED) is 0.792. The van der Waals surface area contributed by atoms with Crippen LogP contribution in [-0.2, 0) is 6.54 Å². The molecule has 0 saturated heterocycles. The normalized spacial score (nSPS) is 17.3. The van der Waals surface area contributed by atoms with Gasteiger partial charge in [0.1, 0.15) is 0 Å². The summed E-state index contributed by atoms with van der Waals surface area (Å²) in [6, 6.07) is 11.2. The molecule has 0 radical (unpaired) electrons. The predicted molar refractivity (Wildman–Crippen MR) is 105 cm³/mol. The van der Waals surface area contributed by atoms with Crippen molar-refractivity contribution in [1.82, 2.24) is 15.4 Å². The van der Waals surface area contributed by atoms with E-state index in [0.717, 1.165) is 25.7 Å². The zero-order valence-electron chi connectivity index (χ0n) is 16.1. The summed E-state index contributed by atoms with van der Waals surface area (Å²) in [5.74, 6) is 0.955. The summed E-state index contributed by atoms with van der Waals surface area (Å²) >= 11 is 0. The Hall–Kier alpha value is -2.63. The lowest BCUT2D eigenvalue weighted by Gasteiger charge is -2.33. The van der Waals surface area contributed by atoms with Gasteiger partial charge in [-0.3, -0.25) is 9.59 Å². The van der Waals surface area contributed by atoms with Crippen LogP contribution in [0.5, 0.6) is 0 Å². The Morgan fingerprint density at radius 1 is 1.07 bits per heavy atom. The van der Waals surface area contributed by atoms with Gasteiger partial charge in [0, 0.05) is 24.2 Å². The molecular weight excluding hydrogens is 354 g/mol. The molecule has 0 aliphatic heterocycles. The largest absolute Gasteiger partial charge is 0.359 e.